The maximum absolute atomic E-state index is 6.77. The monoisotopic (exact) mass is 326 g/mol. The number of hydrogen-bond donors (Lipinski definition) is 0. The van der Waals surface area contributed by atoms with Crippen LogP contribution >= 0.6 is 0 Å². The minimum absolute atomic E-state index is 0.158. The van der Waals surface area contributed by atoms with Gasteiger partial charge in [-0.3, -0.25) is 0 Å². The van der Waals surface area contributed by atoms with Crippen molar-refractivity contribution in [2.24, 2.45) is 11.8 Å². The third kappa shape index (κ3) is 1.24. The van der Waals surface area contributed by atoms with Crippen molar-refractivity contribution < 1.29 is 4.74 Å². The Labute approximate surface area is 148 Å². The molecule has 7 rings (SSSR count). The van der Waals surface area contributed by atoms with Crippen LogP contribution in [0.4, 0.5) is 0 Å². The van der Waals surface area contributed by atoms with Gasteiger partial charge in [0.15, 0.2) is 0 Å². The van der Waals surface area contributed by atoms with Gasteiger partial charge in [-0.25, -0.2) is 0 Å². The molecule has 25 heavy (non-hydrogen) atoms. The van der Waals surface area contributed by atoms with Crippen molar-refractivity contribution in [3.05, 3.63) is 76.4 Å². The van der Waals surface area contributed by atoms with Gasteiger partial charge in [-0.15, -0.1) is 0 Å². The molecular weight excluding hydrogens is 304 g/mol. The zero-order valence-corrected chi connectivity index (χ0v) is 14.5. The summed E-state index contributed by atoms with van der Waals surface area (Å²) in [7, 11) is 0. The molecule has 4 fully saturated rings. The zero-order valence-electron chi connectivity index (χ0n) is 14.5. The molecule has 0 radical (unpaired) electrons. The maximum Gasteiger partial charge on any atom is 0.113 e. The summed E-state index contributed by atoms with van der Waals surface area (Å²) in [5.41, 5.74) is 7.77. The van der Waals surface area contributed by atoms with Crippen molar-refractivity contribution in [2.45, 2.75) is 49.2 Å². The fourth-order valence-corrected chi connectivity index (χ4v) is 7.40. The second kappa shape index (κ2) is 3.94. The maximum atomic E-state index is 6.77. The molecule has 1 nitrogen and oxygen atoms in total. The lowest BCUT2D eigenvalue weighted by atomic mass is 9.69. The molecule has 2 aromatic carbocycles. The minimum Gasteiger partial charge on any atom is -0.360 e. The summed E-state index contributed by atoms with van der Waals surface area (Å²) in [6, 6.07) is 18.2. The van der Waals surface area contributed by atoms with E-state index < -0.39 is 0 Å². The van der Waals surface area contributed by atoms with Crippen LogP contribution in [-0.4, -0.2) is 11.2 Å². The molecule has 1 heterocycles. The standard InChI is InChI=1S/C24H22O/c1-14-6-8-15(9-7-14)12-20-21-18-4-2-3-5-19(18)22(20)24-17-11-10-16(13-17)23(21,24)25-24/h2-9,12,16-17,21-22H,10-11,13H2,1H3/t16-,17-,21+,22+,23+,24+/m0/s1. The summed E-state index contributed by atoms with van der Waals surface area (Å²) < 4.78 is 6.77. The molecule has 0 spiro atoms. The van der Waals surface area contributed by atoms with E-state index >= 15 is 0 Å². The molecule has 4 aliphatic carbocycles. The summed E-state index contributed by atoms with van der Waals surface area (Å²) in [5.74, 6) is 2.60. The third-order valence-corrected chi connectivity index (χ3v) is 8.11. The molecule has 6 atom stereocenters. The van der Waals surface area contributed by atoms with E-state index in [1.807, 2.05) is 0 Å². The van der Waals surface area contributed by atoms with Crippen LogP contribution in [0, 0.1) is 18.8 Å². The highest BCUT2D eigenvalue weighted by Crippen LogP contribution is 2.88. The SMILES string of the molecule is Cc1ccc(C=C2[C@H]3c4ccccc4[C@H]2[C@@]24O[C@]32[C@H]2CC[C@H]4C2)cc1. The van der Waals surface area contributed by atoms with Crippen molar-refractivity contribution in [2.75, 3.05) is 0 Å². The van der Waals surface area contributed by atoms with Crippen molar-refractivity contribution in [3.63, 3.8) is 0 Å². The van der Waals surface area contributed by atoms with Gasteiger partial charge in [-0.2, -0.15) is 0 Å². The Morgan fingerprint density at radius 2 is 1.48 bits per heavy atom. The van der Waals surface area contributed by atoms with Gasteiger partial charge in [0.2, 0.25) is 0 Å². The molecular formula is C24H22O. The molecule has 1 heteroatoms. The zero-order chi connectivity index (χ0) is 16.4. The fraction of sp³-hybridized carbons (Fsp3) is 0.417. The number of hydrogen-bond acceptors (Lipinski definition) is 1. The van der Waals surface area contributed by atoms with Gasteiger partial charge in [-0.05, 0) is 60.3 Å². The van der Waals surface area contributed by atoms with E-state index in [1.54, 1.807) is 16.7 Å². The van der Waals surface area contributed by atoms with E-state index in [-0.39, 0.29) is 11.2 Å². The topological polar surface area (TPSA) is 12.5 Å². The van der Waals surface area contributed by atoms with Crippen molar-refractivity contribution in [3.8, 4) is 0 Å². The van der Waals surface area contributed by atoms with Gasteiger partial charge in [0, 0.05) is 11.8 Å². The van der Waals surface area contributed by atoms with E-state index in [4.69, 9.17) is 4.74 Å². The van der Waals surface area contributed by atoms with Gasteiger partial charge in [0.1, 0.15) is 11.2 Å². The highest BCUT2D eigenvalue weighted by atomic mass is 16.6. The van der Waals surface area contributed by atoms with Gasteiger partial charge in [0.05, 0.1) is 0 Å². The largest absolute Gasteiger partial charge is 0.360 e. The number of ether oxygens (including phenoxy) is 1. The number of benzene rings is 2. The first kappa shape index (κ1) is 13.4. The normalized spacial score (nSPS) is 43.8. The lowest BCUT2D eigenvalue weighted by Crippen LogP contribution is -2.36. The average molecular weight is 326 g/mol. The Bertz CT molecular complexity index is 903. The van der Waals surface area contributed by atoms with Crippen LogP contribution in [0.3, 0.4) is 0 Å². The molecule has 1 aliphatic heterocycles. The molecule has 124 valence electrons. The van der Waals surface area contributed by atoms with E-state index in [0.29, 0.717) is 11.8 Å². The molecule has 3 saturated carbocycles. The van der Waals surface area contributed by atoms with Crippen LogP contribution < -0.4 is 0 Å². The van der Waals surface area contributed by atoms with Crippen LogP contribution in [0.5, 0.6) is 0 Å². The summed E-state index contributed by atoms with van der Waals surface area (Å²) in [5, 5.41) is 0. The Kier molecular flexibility index (Phi) is 2.10. The lowest BCUT2D eigenvalue weighted by molar-refractivity contribution is 0.134. The van der Waals surface area contributed by atoms with Gasteiger partial charge >= 0.3 is 0 Å². The summed E-state index contributed by atoms with van der Waals surface area (Å²) >= 11 is 0. The Hall–Kier alpha value is -1.86. The van der Waals surface area contributed by atoms with Crippen LogP contribution in [0.2, 0.25) is 0 Å². The molecule has 2 aromatic rings. The van der Waals surface area contributed by atoms with Crippen LogP contribution in [0.15, 0.2) is 54.1 Å². The van der Waals surface area contributed by atoms with E-state index in [2.05, 4.69) is 61.5 Å². The molecule has 0 amide bonds. The Morgan fingerprint density at radius 3 is 2.08 bits per heavy atom. The summed E-state index contributed by atoms with van der Waals surface area (Å²) in [6.45, 7) is 2.16. The second-order valence-corrected chi connectivity index (χ2v) is 8.95. The van der Waals surface area contributed by atoms with Crippen LogP contribution in [0.1, 0.15) is 53.4 Å². The van der Waals surface area contributed by atoms with Crippen molar-refractivity contribution in [1.29, 1.82) is 0 Å². The average Bonchev–Trinajstić information content (AvgIpc) is 2.95. The van der Waals surface area contributed by atoms with E-state index in [1.165, 1.54) is 30.4 Å². The molecule has 1 saturated heterocycles. The van der Waals surface area contributed by atoms with E-state index in [9.17, 15) is 0 Å². The first-order valence-corrected chi connectivity index (χ1v) is 9.83. The minimum atomic E-state index is 0.158. The molecule has 5 aliphatic rings. The Balaban J connectivity index is 1.47. The first-order valence-electron chi connectivity index (χ1n) is 9.83. The molecule has 0 aromatic heterocycles. The van der Waals surface area contributed by atoms with E-state index in [0.717, 1.165) is 11.8 Å². The lowest BCUT2D eigenvalue weighted by Gasteiger charge is -2.29. The number of fused-ring (bicyclic) bond motifs is 7. The Morgan fingerprint density at radius 1 is 0.880 bits per heavy atom. The van der Waals surface area contributed by atoms with Gasteiger partial charge in [0.25, 0.3) is 0 Å². The molecule has 0 unspecified atom stereocenters. The third-order valence-electron chi connectivity index (χ3n) is 8.11. The van der Waals surface area contributed by atoms with Crippen LogP contribution in [0.25, 0.3) is 6.08 Å². The highest BCUT2D eigenvalue weighted by Gasteiger charge is 2.92. The van der Waals surface area contributed by atoms with Gasteiger partial charge in [-0.1, -0.05) is 60.2 Å². The number of rotatable bonds is 1. The first-order chi connectivity index (χ1) is 12.3. The summed E-state index contributed by atoms with van der Waals surface area (Å²) in [6.07, 6.45) is 6.68. The smallest absolute Gasteiger partial charge is 0.113 e. The molecule has 4 bridgehead atoms. The predicted molar refractivity (Wildman–Crippen MR) is 98.5 cm³/mol. The quantitative estimate of drug-likeness (QED) is 0.655. The highest BCUT2D eigenvalue weighted by molar-refractivity contribution is 5.73. The summed E-state index contributed by atoms with van der Waals surface area (Å²) in [4.78, 5) is 0. The fourth-order valence-electron chi connectivity index (χ4n) is 7.40. The second-order valence-electron chi connectivity index (χ2n) is 8.95. The molecule has 0 N–H and O–H groups in total. The van der Waals surface area contributed by atoms with Crippen LogP contribution in [-0.2, 0) is 4.74 Å². The number of epoxide rings is 1. The number of aryl methyl sites for hydroxylation is 1. The van der Waals surface area contributed by atoms with Crippen molar-refractivity contribution in [1.82, 2.24) is 0 Å². The van der Waals surface area contributed by atoms with Crippen molar-refractivity contribution >= 4 is 6.08 Å². The van der Waals surface area contributed by atoms with Gasteiger partial charge < -0.3 is 4.74 Å². The predicted octanol–water partition coefficient (Wildman–Crippen LogP) is 5.21.